The minimum Gasteiger partial charge on any atom is -0.455 e. The number of allylic oxidation sites excluding steroid dienone is 1. The second-order valence-corrected chi connectivity index (χ2v) is 15.4. The summed E-state index contributed by atoms with van der Waals surface area (Å²) in [5.41, 5.74) is -1.08. The van der Waals surface area contributed by atoms with E-state index in [0.717, 1.165) is 12.8 Å². The Morgan fingerprint density at radius 3 is 2.48 bits per heavy atom. The molecular formula is C37H52BrN3O7. The highest BCUT2D eigenvalue weighted by Gasteiger charge is 2.77. The summed E-state index contributed by atoms with van der Waals surface area (Å²) in [6.45, 7) is 15.9. The van der Waals surface area contributed by atoms with Gasteiger partial charge in [0, 0.05) is 36.5 Å². The van der Waals surface area contributed by atoms with Crippen molar-refractivity contribution in [3.8, 4) is 0 Å². The van der Waals surface area contributed by atoms with Crippen molar-refractivity contribution in [3.63, 3.8) is 0 Å². The Kier molecular flexibility index (Phi) is 12.7. The molecule has 10 nitrogen and oxygen atoms in total. The van der Waals surface area contributed by atoms with Gasteiger partial charge in [0.2, 0.25) is 17.7 Å². The van der Waals surface area contributed by atoms with Crippen molar-refractivity contribution >= 4 is 39.6 Å². The zero-order valence-corrected chi connectivity index (χ0v) is 30.3. The molecule has 2 N–H and O–H groups in total. The number of halogens is 1. The maximum atomic E-state index is 14.6. The van der Waals surface area contributed by atoms with Crippen LogP contribution in [0.25, 0.3) is 0 Å². The number of ether oxygens (including phenoxy) is 2. The average molecular weight is 731 g/mol. The highest BCUT2D eigenvalue weighted by atomic mass is 79.9. The maximum absolute atomic E-state index is 14.6. The van der Waals surface area contributed by atoms with E-state index >= 15 is 0 Å². The first-order valence-corrected chi connectivity index (χ1v) is 18.0. The zero-order chi connectivity index (χ0) is 35.2. The fourth-order valence-electron chi connectivity index (χ4n) is 7.58. The highest BCUT2D eigenvalue weighted by molar-refractivity contribution is 9.09. The van der Waals surface area contributed by atoms with Crippen molar-refractivity contribution in [2.75, 3.05) is 19.7 Å². The number of aliphatic hydroxyl groups is 1. The van der Waals surface area contributed by atoms with Gasteiger partial charge in [-0.05, 0) is 58.9 Å². The van der Waals surface area contributed by atoms with Crippen molar-refractivity contribution in [1.82, 2.24) is 15.1 Å². The van der Waals surface area contributed by atoms with E-state index in [0.29, 0.717) is 44.3 Å². The Morgan fingerprint density at radius 2 is 1.85 bits per heavy atom. The largest absolute Gasteiger partial charge is 0.455 e. The summed E-state index contributed by atoms with van der Waals surface area (Å²) in [6.07, 6.45) is 5.91. The number of carbonyl (C=O) groups is 4. The molecule has 3 saturated heterocycles. The molecule has 1 aromatic rings. The van der Waals surface area contributed by atoms with E-state index in [2.05, 4.69) is 34.4 Å². The minimum absolute atomic E-state index is 0.101. The molecule has 3 heterocycles. The van der Waals surface area contributed by atoms with Crippen LogP contribution in [-0.4, -0.2) is 92.4 Å². The predicted octanol–water partition coefficient (Wildman–Crippen LogP) is 4.86. The predicted molar refractivity (Wildman–Crippen MR) is 187 cm³/mol. The zero-order valence-electron chi connectivity index (χ0n) is 28.7. The van der Waals surface area contributed by atoms with Gasteiger partial charge in [0.15, 0.2) is 0 Å². The van der Waals surface area contributed by atoms with Crippen molar-refractivity contribution < 1.29 is 33.8 Å². The molecule has 0 radical (unpaired) electrons. The SMILES string of the molecule is C=CCCC(=O)N[C@@H](C)[C@H](OC(=O)[C@@H]1[C@H]2O[C@@]3(CC2Br)[C@H](C(=O)N(CC=C)C(C)(C)C)N(CCCCCCO)C(=O)[C@@H]13)c1ccccc1. The van der Waals surface area contributed by atoms with Gasteiger partial charge in [-0.1, -0.05) is 71.3 Å². The van der Waals surface area contributed by atoms with Gasteiger partial charge in [0.1, 0.15) is 17.7 Å². The molecule has 0 aromatic heterocycles. The number of amides is 3. The lowest BCUT2D eigenvalue weighted by Crippen LogP contribution is -2.60. The lowest BCUT2D eigenvalue weighted by Gasteiger charge is -2.42. The third kappa shape index (κ3) is 7.73. The van der Waals surface area contributed by atoms with Crippen molar-refractivity contribution in [2.24, 2.45) is 11.8 Å². The van der Waals surface area contributed by atoms with Crippen LogP contribution in [0.5, 0.6) is 0 Å². The van der Waals surface area contributed by atoms with E-state index in [4.69, 9.17) is 9.47 Å². The van der Waals surface area contributed by atoms with Gasteiger partial charge >= 0.3 is 5.97 Å². The molecule has 1 spiro atoms. The monoisotopic (exact) mass is 729 g/mol. The summed E-state index contributed by atoms with van der Waals surface area (Å²) in [5.74, 6) is -3.17. The summed E-state index contributed by atoms with van der Waals surface area (Å²) in [4.78, 5) is 59.2. The smallest absolute Gasteiger partial charge is 0.313 e. The second kappa shape index (κ2) is 16.1. The van der Waals surface area contributed by atoms with E-state index in [-0.39, 0.29) is 35.6 Å². The third-order valence-electron chi connectivity index (χ3n) is 9.78. The van der Waals surface area contributed by atoms with E-state index < -0.39 is 53.2 Å². The number of alkyl halides is 1. The van der Waals surface area contributed by atoms with E-state index in [9.17, 15) is 24.3 Å². The number of fused-ring (bicyclic) bond motifs is 1. The Hall–Kier alpha value is -3.02. The number of aliphatic hydroxyl groups excluding tert-OH is 1. The lowest BCUT2D eigenvalue weighted by atomic mass is 9.70. The first-order chi connectivity index (χ1) is 22.8. The van der Waals surface area contributed by atoms with Crippen LogP contribution in [0.2, 0.25) is 0 Å². The molecule has 0 saturated carbocycles. The Morgan fingerprint density at radius 1 is 1.17 bits per heavy atom. The molecule has 3 amide bonds. The average Bonchev–Trinajstić information content (AvgIpc) is 3.63. The van der Waals surface area contributed by atoms with Crippen LogP contribution in [-0.2, 0) is 28.7 Å². The van der Waals surface area contributed by atoms with Gasteiger partial charge in [-0.3, -0.25) is 19.2 Å². The number of nitrogens with one attached hydrogen (secondary N) is 1. The standard InChI is InChI=1S/C37H52BrN3O7/c1-7-9-19-27(43)39-24(3)30(25-17-13-12-14-18-25)47-35(46)28-29-33(44)40(21-15-10-11-16-22-42)32(37(29)23-26(38)31(28)48-37)34(45)41(20-8-2)36(4,5)6/h7-8,12-14,17-18,24,26,28-32,42H,1-2,9-11,15-16,19-23H2,3-6H3,(H,39,43)/t24-,26?,28-,29+,30-,31-,32-,37+/m0/s1. The van der Waals surface area contributed by atoms with E-state index in [1.54, 1.807) is 28.9 Å². The van der Waals surface area contributed by atoms with Crippen molar-refractivity contribution in [3.05, 3.63) is 61.2 Å². The number of nitrogens with zero attached hydrogens (tertiary/aromatic N) is 2. The van der Waals surface area contributed by atoms with Gasteiger partial charge in [-0.15, -0.1) is 13.2 Å². The van der Waals surface area contributed by atoms with Crippen LogP contribution in [0, 0.1) is 11.8 Å². The number of likely N-dealkylation sites (tertiary alicyclic amines) is 1. The van der Waals surface area contributed by atoms with Crippen LogP contribution in [0.1, 0.15) is 84.3 Å². The molecule has 264 valence electrons. The Bertz CT molecular complexity index is 1330. The molecular weight excluding hydrogens is 678 g/mol. The first kappa shape index (κ1) is 37.8. The van der Waals surface area contributed by atoms with Crippen molar-refractivity contribution in [1.29, 1.82) is 0 Å². The van der Waals surface area contributed by atoms with Crippen LogP contribution >= 0.6 is 15.9 Å². The molecule has 1 aromatic carbocycles. The summed E-state index contributed by atoms with van der Waals surface area (Å²) >= 11 is 3.74. The summed E-state index contributed by atoms with van der Waals surface area (Å²) in [7, 11) is 0. The molecule has 3 fully saturated rings. The number of unbranched alkanes of at least 4 members (excludes halogenated alkanes) is 3. The first-order valence-electron chi connectivity index (χ1n) is 17.1. The topological polar surface area (TPSA) is 125 Å². The Balaban J connectivity index is 1.69. The van der Waals surface area contributed by atoms with Gasteiger partial charge in [-0.2, -0.15) is 0 Å². The number of benzene rings is 1. The number of carbonyl (C=O) groups excluding carboxylic acids is 4. The molecule has 0 aliphatic carbocycles. The molecule has 2 bridgehead atoms. The lowest BCUT2D eigenvalue weighted by molar-refractivity contribution is -0.162. The van der Waals surface area contributed by atoms with Crippen LogP contribution in [0.4, 0.5) is 0 Å². The summed E-state index contributed by atoms with van der Waals surface area (Å²) in [6, 6.07) is 7.72. The van der Waals surface area contributed by atoms with Gasteiger partial charge in [0.05, 0.1) is 24.0 Å². The highest BCUT2D eigenvalue weighted by Crippen LogP contribution is 2.60. The Labute approximate surface area is 293 Å². The van der Waals surface area contributed by atoms with Crippen LogP contribution in [0.3, 0.4) is 0 Å². The summed E-state index contributed by atoms with van der Waals surface area (Å²) in [5, 5.41) is 12.2. The fraction of sp³-hybridized carbons (Fsp3) is 0.622. The number of hydrogen-bond acceptors (Lipinski definition) is 7. The van der Waals surface area contributed by atoms with E-state index in [1.807, 2.05) is 51.1 Å². The number of esters is 1. The van der Waals surface area contributed by atoms with Crippen LogP contribution < -0.4 is 5.32 Å². The molecule has 3 aliphatic rings. The van der Waals surface area contributed by atoms with E-state index in [1.165, 1.54) is 0 Å². The normalized spacial score (nSPS) is 27.2. The fourth-order valence-corrected chi connectivity index (χ4v) is 8.52. The third-order valence-corrected chi connectivity index (χ3v) is 10.6. The molecule has 11 heteroatoms. The van der Waals surface area contributed by atoms with Gasteiger partial charge < -0.3 is 29.7 Å². The molecule has 3 aliphatic heterocycles. The molecule has 8 atom stereocenters. The van der Waals surface area contributed by atoms with Crippen LogP contribution in [0.15, 0.2) is 55.6 Å². The quantitative estimate of drug-likeness (QED) is 0.102. The van der Waals surface area contributed by atoms with Gasteiger partial charge in [0.25, 0.3) is 0 Å². The van der Waals surface area contributed by atoms with Crippen molar-refractivity contribution in [2.45, 2.75) is 113 Å². The number of rotatable bonds is 17. The molecule has 48 heavy (non-hydrogen) atoms. The second-order valence-electron chi connectivity index (χ2n) is 14.2. The minimum atomic E-state index is -1.22. The van der Waals surface area contributed by atoms with Gasteiger partial charge in [-0.25, -0.2) is 0 Å². The molecule has 1 unspecified atom stereocenters. The summed E-state index contributed by atoms with van der Waals surface area (Å²) < 4.78 is 13.0. The molecule has 4 rings (SSSR count). The maximum Gasteiger partial charge on any atom is 0.313 e. The number of hydrogen-bond donors (Lipinski definition) is 2.